The minimum Gasteiger partial charge on any atom is -0.493 e. The third-order valence-electron chi connectivity index (χ3n) is 11.1. The number of hydrogen-bond donors (Lipinski definition) is 4. The van der Waals surface area contributed by atoms with Crippen molar-refractivity contribution in [3.8, 4) is 11.5 Å². The molecule has 6 rings (SSSR count). The number of nitrogens with one attached hydrogen (secondary N) is 1. The first kappa shape index (κ1) is 32.8. The van der Waals surface area contributed by atoms with Crippen molar-refractivity contribution in [2.75, 3.05) is 26.8 Å². The van der Waals surface area contributed by atoms with E-state index in [0.717, 1.165) is 50.9 Å². The molecule has 0 spiro atoms. The molecule has 0 saturated heterocycles. The molecule has 5 aliphatic rings. The smallest absolute Gasteiger partial charge is 0.247 e. The van der Waals surface area contributed by atoms with Crippen molar-refractivity contribution in [2.24, 2.45) is 23.2 Å². The average molecular weight is 613 g/mol. The highest BCUT2D eigenvalue weighted by atomic mass is 16.5. The number of rotatable bonds is 14. The number of carbonyl (C=O) groups excluding carboxylic acids is 2. The van der Waals surface area contributed by atoms with E-state index in [-0.39, 0.29) is 37.0 Å². The maximum Gasteiger partial charge on any atom is 0.247 e. The molecule has 1 heterocycles. The predicted molar refractivity (Wildman–Crippen MR) is 167 cm³/mol. The van der Waals surface area contributed by atoms with Gasteiger partial charge in [-0.1, -0.05) is 46.5 Å². The zero-order valence-electron chi connectivity index (χ0n) is 26.9. The van der Waals surface area contributed by atoms with Gasteiger partial charge in [0.1, 0.15) is 12.2 Å². The molecule has 2 amide bonds. The lowest BCUT2D eigenvalue weighted by Crippen LogP contribution is -2.59. The van der Waals surface area contributed by atoms with Crippen LogP contribution in [0.3, 0.4) is 0 Å². The number of aliphatic hydroxyl groups is 3. The van der Waals surface area contributed by atoms with Crippen molar-refractivity contribution in [3.63, 3.8) is 0 Å². The molecule has 3 saturated carbocycles. The largest absolute Gasteiger partial charge is 0.493 e. The number of amides is 2. The molecule has 9 heteroatoms. The average Bonchev–Trinajstić information content (AvgIpc) is 3.42. The third kappa shape index (κ3) is 6.12. The van der Waals surface area contributed by atoms with Crippen LogP contribution < -0.4 is 14.8 Å². The van der Waals surface area contributed by atoms with E-state index < -0.39 is 24.2 Å². The van der Waals surface area contributed by atoms with Crippen LogP contribution in [0.1, 0.15) is 95.6 Å². The van der Waals surface area contributed by atoms with Gasteiger partial charge < -0.3 is 35.0 Å². The number of nitrogens with zero attached hydrogens (tertiary/aromatic N) is 1. The number of methoxy groups -OCH3 is 1. The monoisotopic (exact) mass is 612 g/mol. The van der Waals surface area contributed by atoms with Crippen LogP contribution in [0.15, 0.2) is 23.8 Å². The molecule has 0 radical (unpaired) electrons. The molecule has 0 unspecified atom stereocenters. The molecule has 2 bridgehead atoms. The third-order valence-corrected chi connectivity index (χ3v) is 11.1. The highest BCUT2D eigenvalue weighted by Gasteiger charge is 2.56. The lowest BCUT2D eigenvalue weighted by atomic mass is 9.45. The van der Waals surface area contributed by atoms with E-state index in [1.54, 1.807) is 18.2 Å². The minimum atomic E-state index is -1.08. The van der Waals surface area contributed by atoms with Gasteiger partial charge in [-0.2, -0.15) is 0 Å². The van der Waals surface area contributed by atoms with E-state index in [9.17, 15) is 24.9 Å². The van der Waals surface area contributed by atoms with Crippen LogP contribution in [0, 0.1) is 23.2 Å². The Balaban J connectivity index is 1.50. The summed E-state index contributed by atoms with van der Waals surface area (Å²) in [7, 11) is 1.52. The van der Waals surface area contributed by atoms with Crippen molar-refractivity contribution in [2.45, 2.75) is 109 Å². The molecule has 4 N–H and O–H groups in total. The summed E-state index contributed by atoms with van der Waals surface area (Å²) in [6.45, 7) is 7.05. The fourth-order valence-corrected chi connectivity index (χ4v) is 8.47. The number of hydrogen-bond acceptors (Lipinski definition) is 7. The molecule has 1 aromatic carbocycles. The van der Waals surface area contributed by atoms with Crippen LogP contribution in [-0.4, -0.2) is 77.1 Å². The normalized spacial score (nSPS) is 29.4. The van der Waals surface area contributed by atoms with Gasteiger partial charge in [0.25, 0.3) is 0 Å². The number of carbonyl (C=O) groups is 2. The highest BCUT2D eigenvalue weighted by molar-refractivity contribution is 5.96. The van der Waals surface area contributed by atoms with Gasteiger partial charge in [-0.05, 0) is 72.6 Å². The fraction of sp³-hybridized carbons (Fsp3) is 0.714. The Kier molecular flexibility index (Phi) is 10.3. The summed E-state index contributed by atoms with van der Waals surface area (Å²) in [6, 6.07) is 2.74. The van der Waals surface area contributed by atoms with E-state index in [4.69, 9.17) is 9.47 Å². The molecule has 4 aliphatic carbocycles. The van der Waals surface area contributed by atoms with E-state index in [2.05, 4.69) is 26.1 Å². The number of fused-ring (bicyclic) bond motifs is 5. The molecular weight excluding hydrogens is 560 g/mol. The first-order valence-corrected chi connectivity index (χ1v) is 16.7. The molecule has 7 atom stereocenters. The summed E-state index contributed by atoms with van der Waals surface area (Å²) in [4.78, 5) is 29.6. The lowest BCUT2D eigenvalue weighted by Gasteiger charge is -2.61. The number of unbranched alkanes of at least 4 members (excludes halogenated alkanes) is 4. The topological polar surface area (TPSA) is 129 Å². The van der Waals surface area contributed by atoms with Gasteiger partial charge in [0.2, 0.25) is 11.8 Å². The maximum atomic E-state index is 14.1. The summed E-state index contributed by atoms with van der Waals surface area (Å²) >= 11 is 0. The fourth-order valence-electron chi connectivity index (χ4n) is 8.47. The molecule has 9 nitrogen and oxygen atoms in total. The summed E-state index contributed by atoms with van der Waals surface area (Å²) < 4.78 is 12.0. The Morgan fingerprint density at radius 3 is 2.57 bits per heavy atom. The Hall–Kier alpha value is -2.62. The first-order chi connectivity index (χ1) is 21.2. The standard InChI is InChI=1S/C35H52N2O7/c1-5-6-7-8-9-10-29(40)37(19-22-11-12-23-17-26(22)35(23,2)3)27-18-25(34(42)36-13-14-38)30-24-15-21(20-39)16-28(43-4)32(24)44-33(30)31(27)41/h15-16,18,22-23,26-27,30-31,33,38-39,41H,5-14,17,19-20H2,1-4H3,(H,36,42)/t22-,23-,26-,27+,30-,31-,33-/m0/s1. The predicted octanol–water partition coefficient (Wildman–Crippen LogP) is 4.07. The van der Waals surface area contributed by atoms with Crippen molar-refractivity contribution < 1.29 is 34.4 Å². The van der Waals surface area contributed by atoms with Gasteiger partial charge in [-0.3, -0.25) is 9.59 Å². The Labute approximate surface area is 262 Å². The summed E-state index contributed by atoms with van der Waals surface area (Å²) in [5.74, 6) is 1.46. The molecule has 0 aromatic heterocycles. The van der Waals surface area contributed by atoms with Crippen LogP contribution in [-0.2, 0) is 16.2 Å². The van der Waals surface area contributed by atoms with E-state index in [1.807, 2.05) is 4.90 Å². The van der Waals surface area contributed by atoms with Gasteiger partial charge in [-0.25, -0.2) is 0 Å². The summed E-state index contributed by atoms with van der Waals surface area (Å²) in [6.07, 6.45) is 8.82. The first-order valence-electron chi connectivity index (χ1n) is 16.7. The molecule has 1 aliphatic heterocycles. The van der Waals surface area contributed by atoms with Crippen LogP contribution >= 0.6 is 0 Å². The molecule has 244 valence electrons. The summed E-state index contributed by atoms with van der Waals surface area (Å²) in [5, 5.41) is 34.2. The molecule has 44 heavy (non-hydrogen) atoms. The minimum absolute atomic E-state index is 0.00489. The molecule has 1 aromatic rings. The van der Waals surface area contributed by atoms with Crippen molar-refractivity contribution in [1.82, 2.24) is 10.2 Å². The van der Waals surface area contributed by atoms with Gasteiger partial charge in [-0.15, -0.1) is 0 Å². The lowest BCUT2D eigenvalue weighted by molar-refractivity contribution is -0.146. The Morgan fingerprint density at radius 2 is 1.91 bits per heavy atom. The van der Waals surface area contributed by atoms with E-state index in [1.165, 1.54) is 13.5 Å². The van der Waals surface area contributed by atoms with Gasteiger partial charge >= 0.3 is 0 Å². The second-order valence-corrected chi connectivity index (χ2v) is 13.9. The quantitative estimate of drug-likeness (QED) is 0.233. The highest BCUT2D eigenvalue weighted by Crippen LogP contribution is 2.61. The number of ether oxygens (including phenoxy) is 2. The second-order valence-electron chi connectivity index (χ2n) is 13.9. The maximum absolute atomic E-state index is 14.1. The van der Waals surface area contributed by atoms with Crippen LogP contribution in [0.4, 0.5) is 0 Å². The zero-order chi connectivity index (χ0) is 31.6. The van der Waals surface area contributed by atoms with Crippen molar-refractivity contribution >= 4 is 11.8 Å². The van der Waals surface area contributed by atoms with Gasteiger partial charge in [0, 0.05) is 30.6 Å². The van der Waals surface area contributed by atoms with Gasteiger partial charge in [0.15, 0.2) is 11.5 Å². The SMILES string of the molecule is CCCCCCCC(=O)N(C[C@@H]1CC[C@H]2C[C@@H]1C2(C)C)[C@@H]1C=C(C(=O)NCCO)[C@@H]2c3cc(CO)cc(OC)c3O[C@@H]2[C@H]1O. The van der Waals surface area contributed by atoms with E-state index in [0.29, 0.717) is 53.0 Å². The van der Waals surface area contributed by atoms with Crippen LogP contribution in [0.25, 0.3) is 0 Å². The second kappa shape index (κ2) is 13.8. The van der Waals surface area contributed by atoms with Crippen molar-refractivity contribution in [3.05, 3.63) is 34.9 Å². The molecular formula is C35H52N2O7. The number of benzene rings is 1. The summed E-state index contributed by atoms with van der Waals surface area (Å²) in [5.41, 5.74) is 1.90. The van der Waals surface area contributed by atoms with Crippen molar-refractivity contribution in [1.29, 1.82) is 0 Å². The van der Waals surface area contributed by atoms with E-state index >= 15 is 0 Å². The zero-order valence-corrected chi connectivity index (χ0v) is 26.9. The van der Waals surface area contributed by atoms with Crippen LogP contribution in [0.5, 0.6) is 11.5 Å². The molecule has 3 fully saturated rings. The Morgan fingerprint density at radius 1 is 1.14 bits per heavy atom. The van der Waals surface area contributed by atoms with Gasteiger partial charge in [0.05, 0.1) is 32.3 Å². The van der Waals surface area contributed by atoms with Crippen LogP contribution in [0.2, 0.25) is 0 Å². The number of aliphatic hydroxyl groups excluding tert-OH is 3. The Bertz CT molecular complexity index is 1230.